The zero-order valence-electron chi connectivity index (χ0n) is 19.1. The van der Waals surface area contributed by atoms with E-state index in [0.29, 0.717) is 37.4 Å². The third-order valence-electron chi connectivity index (χ3n) is 6.00. The van der Waals surface area contributed by atoms with Crippen LogP contribution in [0, 0.1) is 6.92 Å². The van der Waals surface area contributed by atoms with Crippen LogP contribution in [0.25, 0.3) is 0 Å². The molecule has 1 aliphatic rings. The van der Waals surface area contributed by atoms with Crippen molar-refractivity contribution in [1.29, 1.82) is 0 Å². The van der Waals surface area contributed by atoms with Crippen LogP contribution in [0.15, 0.2) is 66.9 Å². The van der Waals surface area contributed by atoms with E-state index in [2.05, 4.69) is 18.0 Å². The number of piperidine rings is 1. The van der Waals surface area contributed by atoms with Gasteiger partial charge in [-0.15, -0.1) is 0 Å². The first-order chi connectivity index (χ1) is 16.5. The summed E-state index contributed by atoms with van der Waals surface area (Å²) in [6.45, 7) is 3.15. The lowest BCUT2D eigenvalue weighted by Crippen LogP contribution is -2.43. The van der Waals surface area contributed by atoms with Crippen LogP contribution in [0.4, 0.5) is 4.79 Å². The molecule has 0 atom stereocenters. The number of ether oxygens (including phenoxy) is 2. The number of aryl methyl sites for hydroxylation is 3. The molecule has 0 spiro atoms. The van der Waals surface area contributed by atoms with Crippen molar-refractivity contribution in [3.63, 3.8) is 0 Å². The number of likely N-dealkylation sites (tertiary alicyclic amines) is 1. The quantitative estimate of drug-likeness (QED) is 0.539. The Hall–Kier alpha value is -3.87. The number of carboxylic acids is 1. The lowest BCUT2D eigenvalue weighted by atomic mass is 10.1. The summed E-state index contributed by atoms with van der Waals surface area (Å²) >= 11 is 0. The van der Waals surface area contributed by atoms with E-state index in [1.807, 2.05) is 36.5 Å². The summed E-state index contributed by atoms with van der Waals surface area (Å²) < 4.78 is 11.5. The second-order valence-electron chi connectivity index (χ2n) is 8.41. The van der Waals surface area contributed by atoms with Crippen molar-refractivity contribution in [2.75, 3.05) is 13.1 Å². The van der Waals surface area contributed by atoms with E-state index >= 15 is 0 Å². The molecule has 0 saturated carbocycles. The van der Waals surface area contributed by atoms with Gasteiger partial charge in [0.1, 0.15) is 17.6 Å². The highest BCUT2D eigenvalue weighted by atomic mass is 16.6. The molecule has 3 aromatic rings. The van der Waals surface area contributed by atoms with Crippen LogP contribution in [0.1, 0.15) is 40.0 Å². The lowest BCUT2D eigenvalue weighted by molar-refractivity contribution is 0.0696. The van der Waals surface area contributed by atoms with E-state index in [4.69, 9.17) is 14.6 Å². The Kier molecular flexibility index (Phi) is 7.42. The summed E-state index contributed by atoms with van der Waals surface area (Å²) in [5.41, 5.74) is 3.68. The van der Waals surface area contributed by atoms with Gasteiger partial charge in [0.15, 0.2) is 0 Å². The Morgan fingerprint density at radius 2 is 1.65 bits per heavy atom. The summed E-state index contributed by atoms with van der Waals surface area (Å²) in [4.78, 5) is 29.6. The lowest BCUT2D eigenvalue weighted by Gasteiger charge is -2.31. The fourth-order valence-electron chi connectivity index (χ4n) is 3.96. The summed E-state index contributed by atoms with van der Waals surface area (Å²) in [5.74, 6) is 0.191. The van der Waals surface area contributed by atoms with Crippen LogP contribution in [-0.2, 0) is 12.8 Å². The average Bonchev–Trinajstić information content (AvgIpc) is 2.85. The van der Waals surface area contributed by atoms with E-state index in [-0.39, 0.29) is 17.8 Å². The van der Waals surface area contributed by atoms with Gasteiger partial charge in [0.05, 0.1) is 5.56 Å². The second-order valence-corrected chi connectivity index (χ2v) is 8.41. The van der Waals surface area contributed by atoms with Gasteiger partial charge in [-0.2, -0.15) is 0 Å². The normalized spacial score (nSPS) is 14.0. The van der Waals surface area contributed by atoms with E-state index in [9.17, 15) is 9.59 Å². The van der Waals surface area contributed by atoms with Crippen LogP contribution < -0.4 is 9.47 Å². The molecular formula is C27H28N2O5. The van der Waals surface area contributed by atoms with Crippen LogP contribution in [-0.4, -0.2) is 46.2 Å². The molecule has 0 aliphatic carbocycles. The predicted octanol–water partition coefficient (Wildman–Crippen LogP) is 4.92. The van der Waals surface area contributed by atoms with Gasteiger partial charge < -0.3 is 19.5 Å². The molecule has 34 heavy (non-hydrogen) atoms. The Morgan fingerprint density at radius 1 is 0.971 bits per heavy atom. The topological polar surface area (TPSA) is 89.0 Å². The minimum absolute atomic E-state index is 0.0262. The summed E-state index contributed by atoms with van der Waals surface area (Å²) in [6, 6.07) is 18.0. The van der Waals surface area contributed by atoms with E-state index in [1.165, 1.54) is 23.3 Å². The van der Waals surface area contributed by atoms with Crippen molar-refractivity contribution in [3.8, 4) is 11.5 Å². The van der Waals surface area contributed by atoms with Crippen molar-refractivity contribution in [2.45, 2.75) is 38.7 Å². The van der Waals surface area contributed by atoms with Crippen molar-refractivity contribution in [3.05, 3.63) is 89.2 Å². The molecule has 1 fully saturated rings. The molecule has 1 N–H and O–H groups in total. The third kappa shape index (κ3) is 6.13. The number of nitrogens with zero attached hydrogens (tertiary/aromatic N) is 2. The van der Waals surface area contributed by atoms with Gasteiger partial charge in [-0.05, 0) is 73.4 Å². The van der Waals surface area contributed by atoms with Crippen LogP contribution in [0.2, 0.25) is 0 Å². The van der Waals surface area contributed by atoms with Gasteiger partial charge in [0.25, 0.3) is 0 Å². The second kappa shape index (κ2) is 10.8. The summed E-state index contributed by atoms with van der Waals surface area (Å²) in [7, 11) is 0. The molecular weight excluding hydrogens is 432 g/mol. The fraction of sp³-hybridized carbons (Fsp3) is 0.296. The van der Waals surface area contributed by atoms with Gasteiger partial charge in [-0.25, -0.2) is 9.59 Å². The minimum atomic E-state index is -0.965. The number of rotatable bonds is 7. The first-order valence-corrected chi connectivity index (χ1v) is 11.4. The molecule has 7 nitrogen and oxygen atoms in total. The van der Waals surface area contributed by atoms with Crippen molar-refractivity contribution < 1.29 is 24.2 Å². The molecule has 0 radical (unpaired) electrons. The smallest absolute Gasteiger partial charge is 0.415 e. The van der Waals surface area contributed by atoms with Crippen LogP contribution in [0.3, 0.4) is 0 Å². The molecule has 2 heterocycles. The Labute approximate surface area is 199 Å². The standard InChI is InChI=1S/C27H28N2O5/c1-19-3-2-16-28-25(19)13-6-20-4-9-23(10-5-20)34-27(32)29-17-14-24(15-18-29)33-22-11-7-21(8-12-22)26(30)31/h2-5,7-12,16,24H,6,13-15,17-18H2,1H3,(H,30,31). The maximum absolute atomic E-state index is 12.6. The molecule has 1 amide bonds. The molecule has 0 bridgehead atoms. The molecule has 2 aromatic carbocycles. The number of carboxylic acid groups (broad SMARTS) is 1. The monoisotopic (exact) mass is 460 g/mol. The third-order valence-corrected chi connectivity index (χ3v) is 6.00. The number of aromatic nitrogens is 1. The van der Waals surface area contributed by atoms with Gasteiger partial charge in [0, 0.05) is 37.8 Å². The van der Waals surface area contributed by atoms with Crippen molar-refractivity contribution >= 4 is 12.1 Å². The number of aromatic carboxylic acids is 1. The molecule has 4 rings (SSSR count). The minimum Gasteiger partial charge on any atom is -0.490 e. The molecule has 1 saturated heterocycles. The van der Waals surface area contributed by atoms with Crippen molar-refractivity contribution in [1.82, 2.24) is 9.88 Å². The fourth-order valence-corrected chi connectivity index (χ4v) is 3.96. The number of pyridine rings is 1. The van der Waals surface area contributed by atoms with E-state index < -0.39 is 5.97 Å². The Morgan fingerprint density at radius 3 is 2.29 bits per heavy atom. The molecule has 1 aliphatic heterocycles. The zero-order valence-corrected chi connectivity index (χ0v) is 19.1. The average molecular weight is 461 g/mol. The highest BCUT2D eigenvalue weighted by molar-refractivity contribution is 5.87. The highest BCUT2D eigenvalue weighted by Crippen LogP contribution is 2.21. The Bertz CT molecular complexity index is 1120. The first-order valence-electron chi connectivity index (χ1n) is 11.4. The highest BCUT2D eigenvalue weighted by Gasteiger charge is 2.25. The predicted molar refractivity (Wildman–Crippen MR) is 127 cm³/mol. The summed E-state index contributed by atoms with van der Waals surface area (Å²) in [6.07, 6.45) is 4.54. The summed E-state index contributed by atoms with van der Waals surface area (Å²) in [5, 5.41) is 8.98. The van der Waals surface area contributed by atoms with Gasteiger partial charge in [0.2, 0.25) is 0 Å². The van der Waals surface area contributed by atoms with E-state index in [1.54, 1.807) is 17.0 Å². The molecule has 1 aromatic heterocycles. The number of hydrogen-bond acceptors (Lipinski definition) is 5. The number of benzene rings is 2. The number of carbonyl (C=O) groups excluding carboxylic acids is 1. The SMILES string of the molecule is Cc1cccnc1CCc1ccc(OC(=O)N2CCC(Oc3ccc(C(=O)O)cc3)CC2)cc1. The van der Waals surface area contributed by atoms with Gasteiger partial charge >= 0.3 is 12.1 Å². The van der Waals surface area contributed by atoms with Gasteiger partial charge in [-0.1, -0.05) is 18.2 Å². The Balaban J connectivity index is 1.22. The van der Waals surface area contributed by atoms with Gasteiger partial charge in [-0.3, -0.25) is 4.98 Å². The van der Waals surface area contributed by atoms with Crippen LogP contribution in [0.5, 0.6) is 11.5 Å². The maximum atomic E-state index is 12.6. The molecule has 176 valence electrons. The maximum Gasteiger partial charge on any atom is 0.415 e. The first kappa shape index (κ1) is 23.3. The zero-order chi connectivity index (χ0) is 23.9. The van der Waals surface area contributed by atoms with Crippen molar-refractivity contribution in [2.24, 2.45) is 0 Å². The molecule has 7 heteroatoms. The van der Waals surface area contributed by atoms with E-state index in [0.717, 1.165) is 18.5 Å². The largest absolute Gasteiger partial charge is 0.490 e. The number of amides is 1. The van der Waals surface area contributed by atoms with Crippen LogP contribution >= 0.6 is 0 Å². The number of hydrogen-bond donors (Lipinski definition) is 1. The molecule has 0 unspecified atom stereocenters. The number of carbonyl (C=O) groups is 2.